The first-order chi connectivity index (χ1) is 9.15. The lowest BCUT2D eigenvalue weighted by Gasteiger charge is -2.28. The first kappa shape index (κ1) is 14.3. The van der Waals surface area contributed by atoms with Gasteiger partial charge in [-0.25, -0.2) is 4.39 Å². The van der Waals surface area contributed by atoms with E-state index < -0.39 is 0 Å². The van der Waals surface area contributed by atoms with E-state index in [1.165, 1.54) is 25.3 Å². The lowest BCUT2D eigenvalue weighted by molar-refractivity contribution is 0.301. The van der Waals surface area contributed by atoms with E-state index in [2.05, 4.69) is 18.7 Å². The lowest BCUT2D eigenvalue weighted by atomic mass is 9.82. The molecule has 1 aromatic carbocycles. The molecule has 0 bridgehead atoms. The topological polar surface area (TPSA) is 29.3 Å². The van der Waals surface area contributed by atoms with E-state index in [9.17, 15) is 4.39 Å². The van der Waals surface area contributed by atoms with Gasteiger partial charge < -0.3 is 10.6 Å². The summed E-state index contributed by atoms with van der Waals surface area (Å²) in [7, 11) is 0. The van der Waals surface area contributed by atoms with Crippen LogP contribution in [0.3, 0.4) is 0 Å². The summed E-state index contributed by atoms with van der Waals surface area (Å²) in [4.78, 5) is 2.35. The Balaban J connectivity index is 2.26. The fourth-order valence-corrected chi connectivity index (χ4v) is 3.20. The molecular formula is C16H25FN2. The van der Waals surface area contributed by atoms with Gasteiger partial charge in [0.15, 0.2) is 0 Å². The standard InChI is InChI=1S/C16H25FN2/c1-3-16(4-2)9-11-19(12-16)15-7-5-6-14(17)13(15)8-10-18/h5-7H,3-4,8-12,18H2,1-2H3. The summed E-state index contributed by atoms with van der Waals surface area (Å²) in [6, 6.07) is 5.38. The van der Waals surface area contributed by atoms with Crippen LogP contribution in [0.25, 0.3) is 0 Å². The van der Waals surface area contributed by atoms with E-state index in [1.807, 2.05) is 12.1 Å². The molecule has 1 heterocycles. The van der Waals surface area contributed by atoms with E-state index in [-0.39, 0.29) is 5.82 Å². The van der Waals surface area contributed by atoms with Crippen molar-refractivity contribution in [1.82, 2.24) is 0 Å². The summed E-state index contributed by atoms with van der Waals surface area (Å²) in [5, 5.41) is 0. The monoisotopic (exact) mass is 264 g/mol. The van der Waals surface area contributed by atoms with E-state index in [4.69, 9.17) is 5.73 Å². The van der Waals surface area contributed by atoms with Crippen molar-refractivity contribution < 1.29 is 4.39 Å². The second-order valence-corrected chi connectivity index (χ2v) is 5.65. The molecule has 2 nitrogen and oxygen atoms in total. The highest BCUT2D eigenvalue weighted by Gasteiger charge is 2.35. The summed E-state index contributed by atoms with van der Waals surface area (Å²) in [5.41, 5.74) is 7.86. The highest BCUT2D eigenvalue weighted by molar-refractivity contribution is 5.55. The van der Waals surface area contributed by atoms with E-state index >= 15 is 0 Å². The summed E-state index contributed by atoms with van der Waals surface area (Å²) in [6.45, 7) is 7.09. The first-order valence-corrected chi connectivity index (χ1v) is 7.38. The van der Waals surface area contributed by atoms with Gasteiger partial charge in [-0.1, -0.05) is 19.9 Å². The number of nitrogens with zero attached hydrogens (tertiary/aromatic N) is 1. The normalized spacial score (nSPS) is 18.0. The van der Waals surface area contributed by atoms with E-state index in [1.54, 1.807) is 0 Å². The molecule has 1 aromatic rings. The van der Waals surface area contributed by atoms with Crippen molar-refractivity contribution in [3.05, 3.63) is 29.6 Å². The second-order valence-electron chi connectivity index (χ2n) is 5.65. The summed E-state index contributed by atoms with van der Waals surface area (Å²) >= 11 is 0. The molecule has 0 spiro atoms. The van der Waals surface area contributed by atoms with Gasteiger partial charge in [0, 0.05) is 24.3 Å². The quantitative estimate of drug-likeness (QED) is 0.883. The number of hydrogen-bond acceptors (Lipinski definition) is 2. The van der Waals surface area contributed by atoms with Gasteiger partial charge in [0.1, 0.15) is 5.82 Å². The number of nitrogens with two attached hydrogens (primary N) is 1. The van der Waals surface area contributed by atoms with Crippen molar-refractivity contribution in [2.24, 2.45) is 11.1 Å². The Kier molecular flexibility index (Phi) is 4.46. The maximum Gasteiger partial charge on any atom is 0.128 e. The third-order valence-electron chi connectivity index (χ3n) is 4.77. The molecule has 1 saturated heterocycles. The molecule has 0 radical (unpaired) electrons. The smallest absolute Gasteiger partial charge is 0.128 e. The molecule has 0 amide bonds. The third kappa shape index (κ3) is 2.76. The van der Waals surface area contributed by atoms with Gasteiger partial charge in [-0.2, -0.15) is 0 Å². The van der Waals surface area contributed by atoms with Gasteiger partial charge in [-0.15, -0.1) is 0 Å². The van der Waals surface area contributed by atoms with Crippen LogP contribution in [-0.2, 0) is 6.42 Å². The summed E-state index contributed by atoms with van der Waals surface area (Å²) in [5.74, 6) is -0.117. The predicted octanol–water partition coefficient (Wildman–Crippen LogP) is 3.34. The van der Waals surface area contributed by atoms with Crippen LogP contribution >= 0.6 is 0 Å². The van der Waals surface area contributed by atoms with Crippen LogP contribution in [0.5, 0.6) is 0 Å². The molecule has 1 aliphatic rings. The first-order valence-electron chi connectivity index (χ1n) is 7.38. The molecule has 0 aromatic heterocycles. The number of anilines is 1. The highest BCUT2D eigenvalue weighted by atomic mass is 19.1. The Morgan fingerprint density at radius 1 is 1.32 bits per heavy atom. The fourth-order valence-electron chi connectivity index (χ4n) is 3.20. The summed E-state index contributed by atoms with van der Waals surface area (Å²) < 4.78 is 14.0. The molecule has 106 valence electrons. The zero-order valence-corrected chi connectivity index (χ0v) is 12.1. The maximum atomic E-state index is 14.0. The average Bonchev–Trinajstić information content (AvgIpc) is 2.86. The van der Waals surface area contributed by atoms with Gasteiger partial charge in [0.25, 0.3) is 0 Å². The Hall–Kier alpha value is -1.09. The SMILES string of the molecule is CCC1(CC)CCN(c2cccc(F)c2CCN)C1. The average molecular weight is 264 g/mol. The third-order valence-corrected chi connectivity index (χ3v) is 4.77. The van der Waals surface area contributed by atoms with Crippen LogP contribution < -0.4 is 10.6 Å². The van der Waals surface area contributed by atoms with Crippen molar-refractivity contribution in [1.29, 1.82) is 0 Å². The molecule has 0 saturated carbocycles. The summed E-state index contributed by atoms with van der Waals surface area (Å²) in [6.07, 6.45) is 4.21. The molecular weight excluding hydrogens is 239 g/mol. The van der Waals surface area contributed by atoms with Crippen LogP contribution in [0.15, 0.2) is 18.2 Å². The van der Waals surface area contributed by atoms with Crippen LogP contribution in [0.2, 0.25) is 0 Å². The maximum absolute atomic E-state index is 14.0. The minimum Gasteiger partial charge on any atom is -0.371 e. The second kappa shape index (κ2) is 5.91. The molecule has 3 heteroatoms. The van der Waals surface area contributed by atoms with Crippen LogP contribution in [0, 0.1) is 11.2 Å². The van der Waals surface area contributed by atoms with Crippen LogP contribution in [-0.4, -0.2) is 19.6 Å². The fraction of sp³-hybridized carbons (Fsp3) is 0.625. The van der Waals surface area contributed by atoms with E-state index in [0.717, 1.165) is 24.3 Å². The predicted molar refractivity (Wildman–Crippen MR) is 79.0 cm³/mol. The number of hydrogen-bond donors (Lipinski definition) is 1. The molecule has 0 atom stereocenters. The van der Waals surface area contributed by atoms with Crippen LogP contribution in [0.1, 0.15) is 38.7 Å². The zero-order chi connectivity index (χ0) is 13.9. The minimum absolute atomic E-state index is 0.117. The molecule has 2 rings (SSSR count). The molecule has 19 heavy (non-hydrogen) atoms. The van der Waals surface area contributed by atoms with Gasteiger partial charge >= 0.3 is 0 Å². The van der Waals surface area contributed by atoms with Crippen molar-refractivity contribution >= 4 is 5.69 Å². The molecule has 1 fully saturated rings. The highest BCUT2D eigenvalue weighted by Crippen LogP contribution is 2.40. The van der Waals surface area contributed by atoms with Gasteiger partial charge in [-0.05, 0) is 49.8 Å². The van der Waals surface area contributed by atoms with Crippen molar-refractivity contribution in [2.75, 3.05) is 24.5 Å². The van der Waals surface area contributed by atoms with Crippen molar-refractivity contribution in [2.45, 2.75) is 39.5 Å². The van der Waals surface area contributed by atoms with Crippen molar-refractivity contribution in [3.8, 4) is 0 Å². The Labute approximate surface area is 115 Å². The van der Waals surface area contributed by atoms with E-state index in [0.29, 0.717) is 18.4 Å². The van der Waals surface area contributed by atoms with Gasteiger partial charge in [0.2, 0.25) is 0 Å². The van der Waals surface area contributed by atoms with Gasteiger partial charge in [0.05, 0.1) is 0 Å². The van der Waals surface area contributed by atoms with Crippen LogP contribution in [0.4, 0.5) is 10.1 Å². The largest absolute Gasteiger partial charge is 0.371 e. The van der Waals surface area contributed by atoms with Gasteiger partial charge in [-0.3, -0.25) is 0 Å². The molecule has 0 unspecified atom stereocenters. The molecule has 2 N–H and O–H groups in total. The molecule has 0 aliphatic carbocycles. The Morgan fingerprint density at radius 3 is 2.63 bits per heavy atom. The Morgan fingerprint density at radius 2 is 2.05 bits per heavy atom. The zero-order valence-electron chi connectivity index (χ0n) is 12.1. The number of halogens is 1. The Bertz CT molecular complexity index is 427. The molecule has 1 aliphatic heterocycles. The minimum atomic E-state index is -0.117. The number of rotatable bonds is 5. The number of benzene rings is 1. The lowest BCUT2D eigenvalue weighted by Crippen LogP contribution is -2.27. The van der Waals surface area contributed by atoms with Crippen molar-refractivity contribution in [3.63, 3.8) is 0 Å².